The lowest BCUT2D eigenvalue weighted by molar-refractivity contribution is 0.152. The normalized spacial score (nSPS) is 23.7. The van der Waals surface area contributed by atoms with Gasteiger partial charge in [0.1, 0.15) is 0 Å². The lowest BCUT2D eigenvalue weighted by atomic mass is 9.82. The Bertz CT molecular complexity index is 813. The van der Waals surface area contributed by atoms with Gasteiger partial charge in [0, 0.05) is 37.8 Å². The predicted molar refractivity (Wildman–Crippen MR) is 116 cm³/mol. The van der Waals surface area contributed by atoms with Crippen molar-refractivity contribution < 1.29 is 0 Å². The van der Waals surface area contributed by atoms with Crippen LogP contribution in [-0.4, -0.2) is 54.6 Å². The standard InChI is InChI=1S/C22H28N4S/c1-25-11-13-26(14-12-25)10-9-20-18-7-2-3-8-19(18)21(24-22(20)27)16-5-4-6-17(23)15-16/h2-8,15,20-21H,9-14,23H2,1H3,(H,24,27). The molecule has 0 saturated carbocycles. The van der Waals surface area contributed by atoms with Crippen LogP contribution in [0.1, 0.15) is 35.1 Å². The van der Waals surface area contributed by atoms with Crippen LogP contribution in [-0.2, 0) is 0 Å². The topological polar surface area (TPSA) is 44.5 Å². The van der Waals surface area contributed by atoms with E-state index >= 15 is 0 Å². The third kappa shape index (κ3) is 4.00. The molecule has 4 rings (SSSR count). The molecule has 5 heteroatoms. The number of fused-ring (bicyclic) bond motifs is 1. The molecule has 0 radical (unpaired) electrons. The summed E-state index contributed by atoms with van der Waals surface area (Å²) in [4.78, 5) is 5.92. The van der Waals surface area contributed by atoms with Gasteiger partial charge in [-0.2, -0.15) is 0 Å². The minimum Gasteiger partial charge on any atom is -0.399 e. The molecule has 2 heterocycles. The van der Waals surface area contributed by atoms with Gasteiger partial charge in [0.2, 0.25) is 0 Å². The van der Waals surface area contributed by atoms with Crippen molar-refractivity contribution in [2.45, 2.75) is 18.4 Å². The number of nitrogens with two attached hydrogens (primary N) is 1. The molecule has 27 heavy (non-hydrogen) atoms. The Morgan fingerprint density at radius 3 is 2.52 bits per heavy atom. The first kappa shape index (κ1) is 18.4. The first-order chi connectivity index (χ1) is 13.1. The highest BCUT2D eigenvalue weighted by atomic mass is 32.1. The Morgan fingerprint density at radius 1 is 1.04 bits per heavy atom. The molecule has 0 spiro atoms. The number of nitrogens with zero attached hydrogens (tertiary/aromatic N) is 2. The van der Waals surface area contributed by atoms with Crippen molar-refractivity contribution in [3.8, 4) is 0 Å². The summed E-state index contributed by atoms with van der Waals surface area (Å²) in [6.45, 7) is 5.70. The van der Waals surface area contributed by atoms with Crippen LogP contribution in [0.15, 0.2) is 48.5 Å². The number of nitrogens with one attached hydrogen (secondary N) is 1. The molecule has 0 aliphatic carbocycles. The van der Waals surface area contributed by atoms with Gasteiger partial charge >= 0.3 is 0 Å². The van der Waals surface area contributed by atoms with Gasteiger partial charge in [0.25, 0.3) is 0 Å². The number of hydrogen-bond acceptors (Lipinski definition) is 4. The van der Waals surface area contributed by atoms with E-state index in [0.29, 0.717) is 0 Å². The monoisotopic (exact) mass is 380 g/mol. The number of rotatable bonds is 4. The molecule has 0 amide bonds. The van der Waals surface area contributed by atoms with Gasteiger partial charge in [-0.25, -0.2) is 0 Å². The highest BCUT2D eigenvalue weighted by Gasteiger charge is 2.31. The third-order valence-electron chi connectivity index (χ3n) is 5.86. The van der Waals surface area contributed by atoms with Crippen LogP contribution in [0.25, 0.3) is 0 Å². The van der Waals surface area contributed by atoms with Crippen molar-refractivity contribution >= 4 is 22.9 Å². The number of piperazine rings is 1. The molecule has 0 bridgehead atoms. The molecule has 2 unspecified atom stereocenters. The Labute approximate surface area is 167 Å². The van der Waals surface area contributed by atoms with E-state index in [0.717, 1.165) is 49.8 Å². The van der Waals surface area contributed by atoms with E-state index in [9.17, 15) is 0 Å². The molecular formula is C22H28N4S. The van der Waals surface area contributed by atoms with Crippen LogP contribution < -0.4 is 11.1 Å². The van der Waals surface area contributed by atoms with Gasteiger partial charge < -0.3 is 20.9 Å². The summed E-state index contributed by atoms with van der Waals surface area (Å²) in [5.74, 6) is 0.285. The van der Waals surface area contributed by atoms with Crippen molar-refractivity contribution in [1.29, 1.82) is 0 Å². The summed E-state index contributed by atoms with van der Waals surface area (Å²) in [5.41, 5.74) is 10.7. The number of anilines is 1. The zero-order valence-electron chi connectivity index (χ0n) is 15.9. The van der Waals surface area contributed by atoms with Gasteiger partial charge in [0.05, 0.1) is 11.0 Å². The van der Waals surface area contributed by atoms with Gasteiger partial charge in [0.15, 0.2) is 0 Å². The van der Waals surface area contributed by atoms with Crippen molar-refractivity contribution in [1.82, 2.24) is 15.1 Å². The Balaban J connectivity index is 1.55. The second-order valence-electron chi connectivity index (χ2n) is 7.73. The average molecular weight is 381 g/mol. The van der Waals surface area contributed by atoms with Crippen LogP contribution in [0.2, 0.25) is 0 Å². The molecule has 2 atom stereocenters. The van der Waals surface area contributed by atoms with Gasteiger partial charge in [-0.3, -0.25) is 0 Å². The maximum absolute atomic E-state index is 6.02. The molecular weight excluding hydrogens is 352 g/mol. The summed E-state index contributed by atoms with van der Waals surface area (Å²) in [5, 5.41) is 3.61. The fraction of sp³-hybridized carbons (Fsp3) is 0.409. The maximum Gasteiger partial charge on any atom is 0.0837 e. The number of likely N-dealkylation sites (N-methyl/N-ethyl adjacent to an activating group) is 1. The second-order valence-corrected chi connectivity index (χ2v) is 8.17. The van der Waals surface area contributed by atoms with Crippen LogP contribution >= 0.6 is 12.2 Å². The van der Waals surface area contributed by atoms with E-state index in [4.69, 9.17) is 18.0 Å². The Kier molecular flexibility index (Phi) is 5.43. The smallest absolute Gasteiger partial charge is 0.0837 e. The Morgan fingerprint density at radius 2 is 1.78 bits per heavy atom. The van der Waals surface area contributed by atoms with E-state index in [1.165, 1.54) is 16.7 Å². The first-order valence-electron chi connectivity index (χ1n) is 9.77. The summed E-state index contributed by atoms with van der Waals surface area (Å²) in [7, 11) is 2.20. The van der Waals surface area contributed by atoms with Gasteiger partial charge in [-0.05, 0) is 48.8 Å². The minimum absolute atomic E-state index is 0.0806. The van der Waals surface area contributed by atoms with Crippen LogP contribution in [0.3, 0.4) is 0 Å². The molecule has 1 saturated heterocycles. The zero-order valence-corrected chi connectivity index (χ0v) is 16.7. The summed E-state index contributed by atoms with van der Waals surface area (Å²) < 4.78 is 0. The van der Waals surface area contributed by atoms with E-state index in [1.54, 1.807) is 0 Å². The largest absolute Gasteiger partial charge is 0.399 e. The fourth-order valence-electron chi connectivity index (χ4n) is 4.22. The van der Waals surface area contributed by atoms with Gasteiger partial charge in [-0.1, -0.05) is 48.6 Å². The van der Waals surface area contributed by atoms with Crippen molar-refractivity contribution in [2.24, 2.45) is 0 Å². The third-order valence-corrected chi connectivity index (χ3v) is 6.26. The number of nitrogen functional groups attached to an aromatic ring is 1. The van der Waals surface area contributed by atoms with Crippen LogP contribution in [0.5, 0.6) is 0 Å². The highest BCUT2D eigenvalue weighted by molar-refractivity contribution is 7.80. The van der Waals surface area contributed by atoms with Crippen LogP contribution in [0, 0.1) is 0 Å². The molecule has 4 nitrogen and oxygen atoms in total. The van der Waals surface area contributed by atoms with E-state index in [-0.39, 0.29) is 12.0 Å². The van der Waals surface area contributed by atoms with Crippen molar-refractivity contribution in [3.63, 3.8) is 0 Å². The lowest BCUT2D eigenvalue weighted by Gasteiger charge is -2.37. The number of thiocarbonyl (C=S) groups is 1. The second kappa shape index (κ2) is 7.97. The quantitative estimate of drug-likeness (QED) is 0.631. The summed E-state index contributed by atoms with van der Waals surface area (Å²) in [6, 6.07) is 16.9. The van der Waals surface area contributed by atoms with Crippen molar-refractivity contribution in [3.05, 3.63) is 65.2 Å². The minimum atomic E-state index is 0.0806. The van der Waals surface area contributed by atoms with E-state index < -0.39 is 0 Å². The molecule has 2 aliphatic rings. The molecule has 1 fully saturated rings. The molecule has 0 aromatic heterocycles. The predicted octanol–water partition coefficient (Wildman–Crippen LogP) is 3.01. The molecule has 2 aromatic carbocycles. The summed E-state index contributed by atoms with van der Waals surface area (Å²) in [6.07, 6.45) is 1.07. The number of benzene rings is 2. The van der Waals surface area contributed by atoms with Crippen molar-refractivity contribution in [2.75, 3.05) is 45.5 Å². The maximum atomic E-state index is 6.02. The average Bonchev–Trinajstić information content (AvgIpc) is 2.68. The molecule has 2 aliphatic heterocycles. The van der Waals surface area contributed by atoms with Crippen LogP contribution in [0.4, 0.5) is 5.69 Å². The SMILES string of the molecule is CN1CCN(CCC2C(=S)NC(c3cccc(N)c3)c3ccccc32)CC1. The van der Waals surface area contributed by atoms with Gasteiger partial charge in [-0.15, -0.1) is 0 Å². The Hall–Kier alpha value is -1.95. The van der Waals surface area contributed by atoms with E-state index in [1.807, 2.05) is 18.2 Å². The molecule has 3 N–H and O–H groups in total. The summed E-state index contributed by atoms with van der Waals surface area (Å²) >= 11 is 5.83. The first-order valence-corrected chi connectivity index (χ1v) is 10.2. The molecule has 2 aromatic rings. The zero-order chi connectivity index (χ0) is 18.8. The lowest BCUT2D eigenvalue weighted by Crippen LogP contribution is -2.45. The fourth-order valence-corrected chi connectivity index (χ4v) is 4.59. The van der Waals surface area contributed by atoms with E-state index in [2.05, 4.69) is 52.5 Å². The molecule has 142 valence electrons. The number of hydrogen-bond donors (Lipinski definition) is 2. The highest BCUT2D eigenvalue weighted by Crippen LogP contribution is 2.37.